The third-order valence-electron chi connectivity index (χ3n) is 6.64. The second-order valence-electron chi connectivity index (χ2n) is 9.64. The van der Waals surface area contributed by atoms with Gasteiger partial charge in [0.25, 0.3) is 5.91 Å². The molecule has 1 N–H and O–H groups in total. The monoisotopic (exact) mass is 491 g/mol. The average molecular weight is 492 g/mol. The minimum atomic E-state index is -0.946. The Kier molecular flexibility index (Phi) is 8.52. The van der Waals surface area contributed by atoms with E-state index in [-0.39, 0.29) is 11.5 Å². The summed E-state index contributed by atoms with van der Waals surface area (Å²) >= 11 is 0. The molecule has 0 heterocycles. The van der Waals surface area contributed by atoms with Gasteiger partial charge in [-0.25, -0.2) is 4.79 Å². The number of amides is 1. The fraction of sp³-hybridized carbons (Fsp3) is 0.212. The highest BCUT2D eigenvalue weighted by molar-refractivity contribution is 5.96. The smallest absolute Gasteiger partial charge is 0.336 e. The van der Waals surface area contributed by atoms with Crippen molar-refractivity contribution in [3.05, 3.63) is 131 Å². The number of carboxylic acid groups (broad SMARTS) is 1. The highest BCUT2D eigenvalue weighted by Gasteiger charge is 2.17. The van der Waals surface area contributed by atoms with Crippen LogP contribution >= 0.6 is 0 Å². The van der Waals surface area contributed by atoms with E-state index < -0.39 is 5.97 Å². The van der Waals surface area contributed by atoms with Crippen LogP contribution in [0.25, 0.3) is 11.1 Å². The molecule has 4 nitrogen and oxygen atoms in total. The van der Waals surface area contributed by atoms with E-state index in [0.29, 0.717) is 30.1 Å². The third kappa shape index (κ3) is 6.73. The van der Waals surface area contributed by atoms with Gasteiger partial charge in [-0.3, -0.25) is 4.79 Å². The molecule has 188 valence electrons. The minimum Gasteiger partial charge on any atom is -0.478 e. The van der Waals surface area contributed by atoms with Crippen LogP contribution in [0.5, 0.6) is 0 Å². The summed E-state index contributed by atoms with van der Waals surface area (Å²) in [7, 11) is 0. The standard InChI is InChI=1S/C33H33NO3/c1-24(2)27-18-20-29(21-19-27)32(35)34(22-8-11-25-9-4-3-5-10-25)23-26-14-16-28(17-15-26)30-12-6-7-13-31(30)33(36)37/h3-7,9-10,12-21,24H,8,11,22-23H2,1-2H3,(H,36,37). The van der Waals surface area contributed by atoms with Gasteiger partial charge in [-0.1, -0.05) is 98.8 Å². The van der Waals surface area contributed by atoms with Crippen molar-refractivity contribution < 1.29 is 14.7 Å². The van der Waals surface area contributed by atoms with Gasteiger partial charge in [0.15, 0.2) is 0 Å². The fourth-order valence-corrected chi connectivity index (χ4v) is 4.50. The topological polar surface area (TPSA) is 57.6 Å². The normalized spacial score (nSPS) is 10.9. The number of carbonyl (C=O) groups is 2. The Morgan fingerprint density at radius 2 is 1.41 bits per heavy atom. The molecule has 4 aromatic rings. The highest BCUT2D eigenvalue weighted by atomic mass is 16.4. The first-order valence-electron chi connectivity index (χ1n) is 12.8. The van der Waals surface area contributed by atoms with Crippen molar-refractivity contribution >= 4 is 11.9 Å². The molecule has 0 unspecified atom stereocenters. The summed E-state index contributed by atoms with van der Waals surface area (Å²) in [6.45, 7) is 5.42. The Labute approximate surface area is 219 Å². The lowest BCUT2D eigenvalue weighted by atomic mass is 9.98. The van der Waals surface area contributed by atoms with E-state index in [9.17, 15) is 14.7 Å². The van der Waals surface area contributed by atoms with Crippen molar-refractivity contribution in [3.8, 4) is 11.1 Å². The molecule has 0 spiro atoms. The Morgan fingerprint density at radius 3 is 2.05 bits per heavy atom. The van der Waals surface area contributed by atoms with Gasteiger partial charge in [-0.15, -0.1) is 0 Å². The molecule has 37 heavy (non-hydrogen) atoms. The maximum absolute atomic E-state index is 13.5. The van der Waals surface area contributed by atoms with Gasteiger partial charge in [-0.2, -0.15) is 0 Å². The summed E-state index contributed by atoms with van der Waals surface area (Å²) in [5, 5.41) is 9.54. The molecule has 0 fully saturated rings. The van der Waals surface area contributed by atoms with Gasteiger partial charge in [0.05, 0.1) is 5.56 Å². The van der Waals surface area contributed by atoms with Crippen LogP contribution in [0.1, 0.15) is 63.6 Å². The van der Waals surface area contributed by atoms with Crippen molar-refractivity contribution in [1.82, 2.24) is 4.90 Å². The van der Waals surface area contributed by atoms with Crippen LogP contribution in [-0.2, 0) is 13.0 Å². The van der Waals surface area contributed by atoms with Gasteiger partial charge in [0, 0.05) is 18.7 Å². The van der Waals surface area contributed by atoms with Crippen LogP contribution in [0.2, 0.25) is 0 Å². The van der Waals surface area contributed by atoms with Crippen LogP contribution in [0.15, 0.2) is 103 Å². The lowest BCUT2D eigenvalue weighted by Crippen LogP contribution is -2.31. The molecule has 0 aliphatic carbocycles. The molecule has 0 aliphatic heterocycles. The lowest BCUT2D eigenvalue weighted by molar-refractivity contribution is 0.0696. The molecule has 0 saturated carbocycles. The summed E-state index contributed by atoms with van der Waals surface area (Å²) in [6, 6.07) is 33.1. The Hall–Kier alpha value is -4.18. The summed E-state index contributed by atoms with van der Waals surface area (Å²) in [6.07, 6.45) is 1.77. The van der Waals surface area contributed by atoms with E-state index in [2.05, 4.69) is 26.0 Å². The molecule has 0 bridgehead atoms. The fourth-order valence-electron chi connectivity index (χ4n) is 4.50. The van der Waals surface area contributed by atoms with Crippen molar-refractivity contribution in [1.29, 1.82) is 0 Å². The lowest BCUT2D eigenvalue weighted by Gasteiger charge is -2.23. The zero-order valence-electron chi connectivity index (χ0n) is 21.4. The van der Waals surface area contributed by atoms with E-state index in [4.69, 9.17) is 0 Å². The third-order valence-corrected chi connectivity index (χ3v) is 6.64. The number of hydrogen-bond donors (Lipinski definition) is 1. The van der Waals surface area contributed by atoms with Crippen LogP contribution in [0, 0.1) is 0 Å². The zero-order chi connectivity index (χ0) is 26.2. The van der Waals surface area contributed by atoms with E-state index in [1.54, 1.807) is 12.1 Å². The molecule has 0 saturated heterocycles. The second-order valence-corrected chi connectivity index (χ2v) is 9.64. The van der Waals surface area contributed by atoms with Crippen molar-refractivity contribution in [2.75, 3.05) is 6.54 Å². The maximum Gasteiger partial charge on any atom is 0.336 e. The minimum absolute atomic E-state index is 0.0173. The van der Waals surface area contributed by atoms with Crippen LogP contribution in [0.3, 0.4) is 0 Å². The van der Waals surface area contributed by atoms with E-state index in [0.717, 1.165) is 24.0 Å². The van der Waals surface area contributed by atoms with Gasteiger partial charge in [0.1, 0.15) is 0 Å². The van der Waals surface area contributed by atoms with E-state index >= 15 is 0 Å². The van der Waals surface area contributed by atoms with E-state index in [1.807, 2.05) is 83.8 Å². The zero-order valence-corrected chi connectivity index (χ0v) is 21.4. The number of aromatic carboxylic acids is 1. The molecule has 0 aromatic heterocycles. The number of carbonyl (C=O) groups excluding carboxylic acids is 1. The SMILES string of the molecule is CC(C)c1ccc(C(=O)N(CCCc2ccccc2)Cc2ccc(-c3ccccc3C(=O)O)cc2)cc1. The Morgan fingerprint density at radius 1 is 0.757 bits per heavy atom. The second kappa shape index (κ2) is 12.2. The molecule has 0 aliphatic rings. The number of carboxylic acids is 1. The molecule has 4 rings (SSSR count). The van der Waals surface area contributed by atoms with Crippen LogP contribution < -0.4 is 0 Å². The molecule has 1 amide bonds. The van der Waals surface area contributed by atoms with Crippen LogP contribution in [0.4, 0.5) is 0 Å². The van der Waals surface area contributed by atoms with Gasteiger partial charge in [-0.05, 0) is 64.8 Å². The van der Waals surface area contributed by atoms with Gasteiger partial charge in [0.2, 0.25) is 0 Å². The van der Waals surface area contributed by atoms with Crippen molar-refractivity contribution in [2.45, 2.75) is 39.2 Å². The number of benzene rings is 4. The number of hydrogen-bond acceptors (Lipinski definition) is 2. The number of nitrogens with zero attached hydrogens (tertiary/aromatic N) is 1. The van der Waals surface area contributed by atoms with Crippen LogP contribution in [-0.4, -0.2) is 28.4 Å². The first-order valence-corrected chi connectivity index (χ1v) is 12.8. The van der Waals surface area contributed by atoms with E-state index in [1.165, 1.54) is 11.1 Å². The summed E-state index contributed by atoms with van der Waals surface area (Å²) in [4.78, 5) is 27.1. The number of aryl methyl sites for hydroxylation is 1. The quantitative estimate of drug-likeness (QED) is 0.251. The largest absolute Gasteiger partial charge is 0.478 e. The summed E-state index contributed by atoms with van der Waals surface area (Å²) < 4.78 is 0. The number of rotatable bonds is 10. The first-order chi connectivity index (χ1) is 17.9. The molecular formula is C33H33NO3. The molecule has 4 aromatic carbocycles. The Bertz CT molecular complexity index is 1330. The summed E-state index contributed by atoms with van der Waals surface area (Å²) in [5.41, 5.74) is 5.97. The molecule has 4 heteroatoms. The summed E-state index contributed by atoms with van der Waals surface area (Å²) in [5.74, 6) is -0.516. The van der Waals surface area contributed by atoms with Gasteiger partial charge < -0.3 is 10.0 Å². The average Bonchev–Trinajstić information content (AvgIpc) is 2.93. The van der Waals surface area contributed by atoms with Crippen molar-refractivity contribution in [2.24, 2.45) is 0 Å². The Balaban J connectivity index is 1.53. The maximum atomic E-state index is 13.5. The van der Waals surface area contributed by atoms with Crippen molar-refractivity contribution in [3.63, 3.8) is 0 Å². The molecular weight excluding hydrogens is 458 g/mol. The molecule has 0 atom stereocenters. The predicted molar refractivity (Wildman–Crippen MR) is 149 cm³/mol. The predicted octanol–water partition coefficient (Wildman–Crippen LogP) is 7.45. The highest BCUT2D eigenvalue weighted by Crippen LogP contribution is 2.25. The first kappa shape index (κ1) is 25.9. The van der Waals surface area contributed by atoms with Gasteiger partial charge >= 0.3 is 5.97 Å². The molecule has 0 radical (unpaired) electrons.